The number of aromatic nitrogens is 2. The van der Waals surface area contributed by atoms with Gasteiger partial charge in [0.2, 0.25) is 0 Å². The number of thioether (sulfide) groups is 1. The molecule has 160 valence electrons. The molecule has 1 fully saturated rings. The van der Waals surface area contributed by atoms with E-state index in [4.69, 9.17) is 21.7 Å². The van der Waals surface area contributed by atoms with Crippen molar-refractivity contribution in [3.63, 3.8) is 0 Å². The van der Waals surface area contributed by atoms with Crippen LogP contribution >= 0.6 is 24.0 Å². The van der Waals surface area contributed by atoms with Gasteiger partial charge in [0, 0.05) is 19.3 Å². The Morgan fingerprint density at radius 1 is 1.32 bits per heavy atom. The number of rotatable bonds is 7. The number of nitrogens with one attached hydrogen (secondary N) is 1. The average Bonchev–Trinajstić information content (AvgIpc) is 3.35. The van der Waals surface area contributed by atoms with Crippen molar-refractivity contribution in [2.45, 2.75) is 19.9 Å². The van der Waals surface area contributed by atoms with E-state index in [1.54, 1.807) is 24.4 Å². The monoisotopic (exact) mass is 456 g/mol. The van der Waals surface area contributed by atoms with Crippen LogP contribution in [0, 0.1) is 6.92 Å². The van der Waals surface area contributed by atoms with Crippen molar-refractivity contribution in [1.29, 1.82) is 0 Å². The molecular weight excluding hydrogens is 436 g/mol. The summed E-state index contributed by atoms with van der Waals surface area (Å²) in [6, 6.07) is 7.16. The highest BCUT2D eigenvalue weighted by Gasteiger charge is 2.33. The number of nitrogens with zero attached hydrogens (tertiary/aromatic N) is 3. The minimum atomic E-state index is -0.295. The van der Waals surface area contributed by atoms with Crippen LogP contribution in [0.15, 0.2) is 50.8 Å². The fourth-order valence-electron chi connectivity index (χ4n) is 3.14. The van der Waals surface area contributed by atoms with Gasteiger partial charge in [0.1, 0.15) is 21.5 Å². The number of thiocarbonyl (C=S) groups is 1. The molecule has 0 aromatic carbocycles. The van der Waals surface area contributed by atoms with Crippen LogP contribution in [0.1, 0.15) is 23.3 Å². The van der Waals surface area contributed by atoms with Gasteiger partial charge >= 0.3 is 0 Å². The van der Waals surface area contributed by atoms with Crippen molar-refractivity contribution >= 4 is 51.7 Å². The number of pyridine rings is 1. The zero-order chi connectivity index (χ0) is 22.0. The summed E-state index contributed by atoms with van der Waals surface area (Å²) in [4.78, 5) is 32.6. The molecule has 0 bridgehead atoms. The fraction of sp³-hybridized carbons (Fsp3) is 0.238. The van der Waals surface area contributed by atoms with Crippen LogP contribution < -0.4 is 10.9 Å². The van der Waals surface area contributed by atoms with E-state index in [1.165, 1.54) is 21.6 Å². The summed E-state index contributed by atoms with van der Waals surface area (Å²) < 4.78 is 7.18. The Morgan fingerprint density at radius 2 is 2.16 bits per heavy atom. The summed E-state index contributed by atoms with van der Waals surface area (Å²) in [5.41, 5.74) is 1.37. The second kappa shape index (κ2) is 9.04. The number of hydrogen-bond donors (Lipinski definition) is 2. The van der Waals surface area contributed by atoms with Gasteiger partial charge in [-0.25, -0.2) is 4.98 Å². The molecule has 0 atom stereocenters. The van der Waals surface area contributed by atoms with Gasteiger partial charge in [-0.05, 0) is 43.2 Å². The number of furan rings is 1. The summed E-state index contributed by atoms with van der Waals surface area (Å²) in [5, 5.41) is 12.2. The maximum Gasteiger partial charge on any atom is 0.267 e. The van der Waals surface area contributed by atoms with Crippen molar-refractivity contribution in [3.05, 3.63) is 68.9 Å². The van der Waals surface area contributed by atoms with E-state index in [1.807, 2.05) is 13.0 Å². The molecule has 2 N–H and O–H groups in total. The highest BCUT2D eigenvalue weighted by Crippen LogP contribution is 2.34. The molecule has 8 nitrogen and oxygen atoms in total. The number of hydrogen-bond acceptors (Lipinski definition) is 8. The Hall–Kier alpha value is -2.95. The van der Waals surface area contributed by atoms with Crippen molar-refractivity contribution in [1.82, 2.24) is 14.3 Å². The van der Waals surface area contributed by atoms with Gasteiger partial charge in [-0.2, -0.15) is 0 Å². The van der Waals surface area contributed by atoms with Gasteiger partial charge in [0.15, 0.2) is 0 Å². The van der Waals surface area contributed by atoms with Gasteiger partial charge in [0.05, 0.1) is 23.3 Å². The van der Waals surface area contributed by atoms with Crippen LogP contribution in [0.25, 0.3) is 11.7 Å². The number of aliphatic hydroxyl groups is 1. The highest BCUT2D eigenvalue weighted by atomic mass is 32.2. The Morgan fingerprint density at radius 3 is 2.90 bits per heavy atom. The molecule has 4 heterocycles. The molecule has 1 aliphatic rings. The molecular formula is C21H20N4O4S2. The molecule has 10 heteroatoms. The second-order valence-corrected chi connectivity index (χ2v) is 8.64. The average molecular weight is 457 g/mol. The predicted octanol–water partition coefficient (Wildman–Crippen LogP) is 2.79. The van der Waals surface area contributed by atoms with Crippen molar-refractivity contribution in [3.8, 4) is 0 Å². The standard InChI is InChI=1S/C21H20N4O4S2/c1-13-5-6-17-23-18(22-7-3-8-26)15(19(27)24(17)11-13)10-16-20(28)25(21(30)31-16)12-14-4-2-9-29-14/h2,4-6,9-11,22,26H,3,7-8,12H2,1H3/b16-10-. The molecule has 0 unspecified atom stereocenters. The minimum absolute atomic E-state index is 0.0134. The van der Waals surface area contributed by atoms with E-state index < -0.39 is 0 Å². The first-order valence-electron chi connectivity index (χ1n) is 9.63. The molecule has 3 aromatic rings. The number of carbonyl (C=O) groups is 1. The van der Waals surface area contributed by atoms with Crippen LogP contribution in [-0.2, 0) is 11.3 Å². The molecule has 0 aliphatic carbocycles. The van der Waals surface area contributed by atoms with Crippen LogP contribution in [0.3, 0.4) is 0 Å². The molecule has 0 radical (unpaired) electrons. The molecule has 1 saturated heterocycles. The first kappa shape index (κ1) is 21.3. The third-order valence-corrected chi connectivity index (χ3v) is 6.05. The van der Waals surface area contributed by atoms with Gasteiger partial charge < -0.3 is 14.8 Å². The highest BCUT2D eigenvalue weighted by molar-refractivity contribution is 8.26. The Bertz CT molecular complexity index is 1230. The Balaban J connectivity index is 1.75. The number of aryl methyl sites for hydroxylation is 1. The predicted molar refractivity (Wildman–Crippen MR) is 124 cm³/mol. The number of fused-ring (bicyclic) bond motifs is 1. The number of anilines is 1. The van der Waals surface area contributed by atoms with E-state index in [0.29, 0.717) is 39.4 Å². The smallest absolute Gasteiger partial charge is 0.267 e. The summed E-state index contributed by atoms with van der Waals surface area (Å²) in [6.07, 6.45) is 5.28. The largest absolute Gasteiger partial charge is 0.467 e. The Labute approximate surface area is 187 Å². The second-order valence-electron chi connectivity index (χ2n) is 6.97. The van der Waals surface area contributed by atoms with Crippen LogP contribution in [0.2, 0.25) is 0 Å². The van der Waals surface area contributed by atoms with Crippen LogP contribution in [0.5, 0.6) is 0 Å². The van der Waals surface area contributed by atoms with Crippen molar-refractivity contribution < 1.29 is 14.3 Å². The Kier molecular flexibility index (Phi) is 6.21. The van der Waals surface area contributed by atoms with Crippen molar-refractivity contribution in [2.75, 3.05) is 18.5 Å². The van der Waals surface area contributed by atoms with E-state index in [0.717, 1.165) is 17.3 Å². The summed E-state index contributed by atoms with van der Waals surface area (Å²) >= 11 is 6.51. The lowest BCUT2D eigenvalue weighted by Gasteiger charge is -2.12. The van der Waals surface area contributed by atoms with Gasteiger partial charge in [-0.3, -0.25) is 18.9 Å². The number of aliphatic hydroxyl groups excluding tert-OH is 1. The lowest BCUT2D eigenvalue weighted by molar-refractivity contribution is -0.122. The number of carbonyl (C=O) groups excluding carboxylic acids is 1. The lowest BCUT2D eigenvalue weighted by Crippen LogP contribution is -2.27. The molecule has 0 saturated carbocycles. The van der Waals surface area contributed by atoms with E-state index >= 15 is 0 Å². The fourth-order valence-corrected chi connectivity index (χ4v) is 4.37. The normalized spacial score (nSPS) is 15.4. The molecule has 4 rings (SSSR count). The summed E-state index contributed by atoms with van der Waals surface area (Å²) in [6.45, 7) is 2.56. The van der Waals surface area contributed by atoms with E-state index in [-0.39, 0.29) is 30.2 Å². The van der Waals surface area contributed by atoms with Crippen LogP contribution in [-0.4, -0.2) is 42.8 Å². The quantitative estimate of drug-likeness (QED) is 0.318. The molecule has 3 aromatic heterocycles. The maximum atomic E-state index is 13.3. The third kappa shape index (κ3) is 4.41. The molecule has 1 aliphatic heterocycles. The first-order chi connectivity index (χ1) is 15.0. The third-order valence-electron chi connectivity index (χ3n) is 4.68. The topological polar surface area (TPSA) is 100 Å². The summed E-state index contributed by atoms with van der Waals surface area (Å²) in [7, 11) is 0. The zero-order valence-electron chi connectivity index (χ0n) is 16.7. The molecule has 1 amide bonds. The van der Waals surface area contributed by atoms with Gasteiger partial charge in [0.25, 0.3) is 11.5 Å². The van der Waals surface area contributed by atoms with Gasteiger partial charge in [-0.15, -0.1) is 0 Å². The minimum Gasteiger partial charge on any atom is -0.467 e. The SMILES string of the molecule is Cc1ccc2nc(NCCCO)c(/C=C3\SC(=S)N(Cc4ccco4)C3=O)c(=O)n2c1. The van der Waals surface area contributed by atoms with E-state index in [2.05, 4.69) is 10.3 Å². The first-order valence-corrected chi connectivity index (χ1v) is 10.9. The maximum absolute atomic E-state index is 13.3. The molecule has 0 spiro atoms. The summed E-state index contributed by atoms with van der Waals surface area (Å²) in [5.74, 6) is 0.687. The number of amides is 1. The van der Waals surface area contributed by atoms with E-state index in [9.17, 15) is 9.59 Å². The van der Waals surface area contributed by atoms with Gasteiger partial charge in [-0.1, -0.05) is 30.0 Å². The van der Waals surface area contributed by atoms with Crippen molar-refractivity contribution in [2.24, 2.45) is 0 Å². The van der Waals surface area contributed by atoms with Crippen LogP contribution in [0.4, 0.5) is 5.82 Å². The zero-order valence-corrected chi connectivity index (χ0v) is 18.3. The molecule has 31 heavy (non-hydrogen) atoms. The lowest BCUT2D eigenvalue weighted by atomic mass is 10.2.